The van der Waals surface area contributed by atoms with Crippen molar-refractivity contribution in [3.8, 4) is 0 Å². The predicted molar refractivity (Wildman–Crippen MR) is 106 cm³/mol. The highest BCUT2D eigenvalue weighted by atomic mass is 16.5. The Morgan fingerprint density at radius 3 is 2.00 bits per heavy atom. The highest BCUT2D eigenvalue weighted by molar-refractivity contribution is 6.03. The van der Waals surface area contributed by atoms with Crippen LogP contribution in [-0.2, 0) is 20.7 Å². The van der Waals surface area contributed by atoms with Gasteiger partial charge >= 0.3 is 0 Å². The summed E-state index contributed by atoms with van der Waals surface area (Å²) in [6.07, 6.45) is -0.829. The quantitative estimate of drug-likeness (QED) is 0.301. The first kappa shape index (κ1) is 22.0. The molecule has 9 nitrogen and oxygen atoms in total. The van der Waals surface area contributed by atoms with Gasteiger partial charge in [-0.1, -0.05) is 38.1 Å². The monoisotopic (exact) mass is 406 g/mol. The number of Topliss-reactive ketones (excluding diaryl/α,β-unsaturated/α-hetero) is 2. The topological polar surface area (TPSA) is 132 Å². The summed E-state index contributed by atoms with van der Waals surface area (Å²) in [5, 5.41) is 28.4. The number of aliphatic hydroxyl groups excluding tert-OH is 2. The molecule has 29 heavy (non-hydrogen) atoms. The van der Waals surface area contributed by atoms with Gasteiger partial charge in [-0.05, 0) is 17.0 Å². The Kier molecular flexibility index (Phi) is 7.12. The van der Waals surface area contributed by atoms with E-state index >= 15 is 0 Å². The molecule has 4 fully saturated rings. The Labute approximate surface area is 170 Å². The number of carbonyl (C=O) groups excluding carboxylic acids is 2. The number of ether oxygens (including phenoxy) is 1. The van der Waals surface area contributed by atoms with Crippen LogP contribution >= 0.6 is 0 Å². The van der Waals surface area contributed by atoms with Crippen LogP contribution in [0.2, 0.25) is 0 Å². The van der Waals surface area contributed by atoms with Gasteiger partial charge in [0.15, 0.2) is 11.6 Å². The Morgan fingerprint density at radius 1 is 0.966 bits per heavy atom. The third kappa shape index (κ3) is 4.72. The highest BCUT2D eigenvalue weighted by Crippen LogP contribution is 2.27. The molecule has 2 unspecified atom stereocenters. The van der Waals surface area contributed by atoms with E-state index in [-0.39, 0.29) is 24.8 Å². The van der Waals surface area contributed by atoms with Crippen molar-refractivity contribution < 1.29 is 24.5 Å². The fourth-order valence-corrected chi connectivity index (χ4v) is 3.76. The van der Waals surface area contributed by atoms with Crippen molar-refractivity contribution in [3.63, 3.8) is 0 Å². The lowest BCUT2D eigenvalue weighted by Gasteiger charge is -2.56. The summed E-state index contributed by atoms with van der Waals surface area (Å²) in [5.74, 6) is 0.507. The van der Waals surface area contributed by atoms with Gasteiger partial charge in [-0.2, -0.15) is 0 Å². The van der Waals surface area contributed by atoms with Gasteiger partial charge in [-0.25, -0.2) is 0 Å². The number of hydrogen-bond acceptors (Lipinski definition) is 9. The van der Waals surface area contributed by atoms with E-state index in [0.717, 1.165) is 5.56 Å². The molecule has 0 aliphatic carbocycles. The highest BCUT2D eigenvalue weighted by Gasteiger charge is 2.60. The van der Waals surface area contributed by atoms with E-state index in [1.807, 2.05) is 0 Å². The summed E-state index contributed by atoms with van der Waals surface area (Å²) in [6, 6.07) is 8.33. The van der Waals surface area contributed by atoms with Crippen molar-refractivity contribution in [2.45, 2.75) is 50.3 Å². The fourth-order valence-electron chi connectivity index (χ4n) is 3.76. The van der Waals surface area contributed by atoms with Gasteiger partial charge in [0.2, 0.25) is 0 Å². The summed E-state index contributed by atoms with van der Waals surface area (Å²) in [6.45, 7) is 5.01. The second kappa shape index (κ2) is 9.40. The Bertz CT molecular complexity index is 702. The zero-order chi connectivity index (χ0) is 21.0. The lowest BCUT2D eigenvalue weighted by molar-refractivity contribution is -0.154. The third-order valence-electron chi connectivity index (χ3n) is 5.29. The van der Waals surface area contributed by atoms with Crippen molar-refractivity contribution >= 4 is 11.6 Å². The fraction of sp³-hybridized carbons (Fsp3) is 0.600. The van der Waals surface area contributed by atoms with E-state index in [1.165, 1.54) is 5.56 Å². The Hall–Kier alpha value is -1.72. The molecule has 0 amide bonds. The smallest absolute Gasteiger partial charge is 0.199 e. The molecule has 4 aliphatic heterocycles. The van der Waals surface area contributed by atoms with Gasteiger partial charge in [0, 0.05) is 6.42 Å². The normalized spacial score (nSPS) is 29.9. The van der Waals surface area contributed by atoms with E-state index in [9.17, 15) is 9.59 Å². The number of aliphatic hydroxyl groups is 2. The number of benzene rings is 1. The molecule has 5 rings (SSSR count). The van der Waals surface area contributed by atoms with Crippen molar-refractivity contribution in [1.29, 1.82) is 0 Å². The molecule has 160 valence electrons. The number of ketones is 2. The molecule has 9 heteroatoms. The predicted octanol–water partition coefficient (Wildman–Crippen LogP) is -1.45. The van der Waals surface area contributed by atoms with Crippen molar-refractivity contribution in [1.82, 2.24) is 21.3 Å². The minimum Gasteiger partial charge on any atom is -0.394 e. The lowest BCUT2D eigenvalue weighted by atomic mass is 9.83. The summed E-state index contributed by atoms with van der Waals surface area (Å²) in [4.78, 5) is 24.7. The summed E-state index contributed by atoms with van der Waals surface area (Å²) in [5.41, 5.74) is 1.50. The lowest BCUT2D eigenvalue weighted by Crippen LogP contribution is -2.93. The number of nitrogens with one attached hydrogen (secondary N) is 4. The van der Waals surface area contributed by atoms with E-state index in [1.54, 1.807) is 0 Å². The van der Waals surface area contributed by atoms with Crippen LogP contribution in [0.25, 0.3) is 0 Å². The molecule has 4 aliphatic rings. The molecule has 0 spiro atoms. The van der Waals surface area contributed by atoms with Crippen LogP contribution in [0.5, 0.6) is 0 Å². The van der Waals surface area contributed by atoms with Crippen molar-refractivity contribution in [2.24, 2.45) is 0 Å². The second-order valence-electron chi connectivity index (χ2n) is 7.73. The van der Waals surface area contributed by atoms with Gasteiger partial charge in [0.05, 0.1) is 26.4 Å². The molecule has 4 bridgehead atoms. The summed E-state index contributed by atoms with van der Waals surface area (Å²) in [7, 11) is 0. The zero-order valence-corrected chi connectivity index (χ0v) is 16.8. The van der Waals surface area contributed by atoms with Gasteiger partial charge < -0.3 is 14.9 Å². The number of hydrogen-bond donors (Lipinski definition) is 6. The van der Waals surface area contributed by atoms with E-state index in [4.69, 9.17) is 10.2 Å². The minimum atomic E-state index is -0.857. The minimum absolute atomic E-state index is 0.00882. The standard InChI is InChI=1S/C16H20N4O2.C4H10O3/c1-8(2)10-5-3-9(4-6-10)7-16-12(22)15-17-13(19-16)11(21)14(18-15)20-16;5-1-3-7-4-2-6/h3-6,8,13-15,17-20H,7H2,1-2H3;5-6H,1-4H2. The molecule has 4 saturated heterocycles. The average molecular weight is 406 g/mol. The Morgan fingerprint density at radius 2 is 1.52 bits per heavy atom. The molecular weight excluding hydrogens is 376 g/mol. The van der Waals surface area contributed by atoms with Crippen LogP contribution in [-0.4, -0.2) is 72.4 Å². The molecule has 0 saturated carbocycles. The molecule has 0 aromatic heterocycles. The van der Waals surface area contributed by atoms with Gasteiger partial charge in [0.1, 0.15) is 24.2 Å². The van der Waals surface area contributed by atoms with Gasteiger partial charge in [-0.3, -0.25) is 30.9 Å². The second-order valence-corrected chi connectivity index (χ2v) is 7.73. The zero-order valence-electron chi connectivity index (χ0n) is 16.8. The molecule has 2 atom stereocenters. The maximum Gasteiger partial charge on any atom is 0.199 e. The molecular formula is C20H30N4O5. The van der Waals surface area contributed by atoms with Crippen LogP contribution in [0.3, 0.4) is 0 Å². The van der Waals surface area contributed by atoms with E-state index < -0.39 is 24.2 Å². The first-order chi connectivity index (χ1) is 13.9. The van der Waals surface area contributed by atoms with Crippen molar-refractivity contribution in [2.75, 3.05) is 26.4 Å². The van der Waals surface area contributed by atoms with Gasteiger partial charge in [-0.15, -0.1) is 0 Å². The number of rotatable bonds is 7. The van der Waals surface area contributed by atoms with Crippen LogP contribution in [0.4, 0.5) is 0 Å². The van der Waals surface area contributed by atoms with Crippen LogP contribution < -0.4 is 21.3 Å². The molecule has 4 heterocycles. The maximum absolute atomic E-state index is 12.6. The SMILES string of the molecule is CC(C)c1ccc(CC23NC4NC(NC(N2)C4=O)C3=O)cc1.OCCOCCO. The van der Waals surface area contributed by atoms with Crippen LogP contribution in [0.15, 0.2) is 24.3 Å². The largest absolute Gasteiger partial charge is 0.394 e. The summed E-state index contributed by atoms with van der Waals surface area (Å²) < 4.78 is 4.63. The van der Waals surface area contributed by atoms with Gasteiger partial charge in [0.25, 0.3) is 0 Å². The molecule has 1 aromatic carbocycles. The van der Waals surface area contributed by atoms with E-state index in [0.29, 0.717) is 25.6 Å². The maximum atomic E-state index is 12.6. The number of carbonyl (C=O) groups is 2. The molecule has 6 N–H and O–H groups in total. The van der Waals surface area contributed by atoms with E-state index in [2.05, 4.69) is 64.1 Å². The first-order valence-electron chi connectivity index (χ1n) is 9.94. The molecule has 1 aromatic rings. The average Bonchev–Trinajstić information content (AvgIpc) is 2.69. The van der Waals surface area contributed by atoms with Crippen molar-refractivity contribution in [3.05, 3.63) is 35.4 Å². The van der Waals surface area contributed by atoms with Crippen LogP contribution in [0, 0.1) is 0 Å². The molecule has 0 radical (unpaired) electrons. The first-order valence-corrected chi connectivity index (χ1v) is 9.94. The summed E-state index contributed by atoms with van der Waals surface area (Å²) >= 11 is 0. The Balaban J connectivity index is 0.000000298. The van der Waals surface area contributed by atoms with Crippen LogP contribution in [0.1, 0.15) is 30.9 Å². The third-order valence-corrected chi connectivity index (χ3v) is 5.29.